The number of aliphatic hydroxyl groups excluding tert-OH is 3. The number of quaternary nitrogens is 1. The molecule has 0 saturated carbocycles. The minimum atomic E-state index is -1.06. The Morgan fingerprint density at radius 2 is 1.71 bits per heavy atom. The number of nitrogens with zero attached hydrogens (tertiary/aromatic N) is 1. The third-order valence-electron chi connectivity index (χ3n) is 4.02. The van der Waals surface area contributed by atoms with Crippen LogP contribution < -0.4 is 0 Å². The molecule has 1 rings (SSSR count). The lowest BCUT2D eigenvalue weighted by atomic mass is 9.91. The highest BCUT2D eigenvalue weighted by atomic mass is 16.7. The first-order valence-electron chi connectivity index (χ1n) is 8.34. The van der Waals surface area contributed by atoms with Crippen LogP contribution in [0.5, 0.6) is 0 Å². The number of ether oxygens (including phenoxy) is 4. The van der Waals surface area contributed by atoms with Crippen LogP contribution in [0.4, 0.5) is 0 Å². The molecule has 0 radical (unpaired) electrons. The lowest BCUT2D eigenvalue weighted by Crippen LogP contribution is -2.55. The van der Waals surface area contributed by atoms with Crippen LogP contribution in [0.1, 0.15) is 6.92 Å². The van der Waals surface area contributed by atoms with E-state index in [0.29, 0.717) is 24.2 Å². The van der Waals surface area contributed by atoms with Gasteiger partial charge in [-0.1, -0.05) is 6.92 Å². The van der Waals surface area contributed by atoms with Gasteiger partial charge >= 0.3 is 0 Å². The smallest absolute Gasteiger partial charge is 0.186 e. The number of methoxy groups -OCH3 is 1. The molecule has 1 heterocycles. The molecule has 6 atom stereocenters. The van der Waals surface area contributed by atoms with Gasteiger partial charge in [0.15, 0.2) is 6.29 Å². The van der Waals surface area contributed by atoms with Gasteiger partial charge < -0.3 is 38.8 Å². The van der Waals surface area contributed by atoms with E-state index in [1.165, 1.54) is 7.11 Å². The van der Waals surface area contributed by atoms with E-state index in [4.69, 9.17) is 18.9 Å². The van der Waals surface area contributed by atoms with Gasteiger partial charge in [-0.15, -0.1) is 0 Å². The highest BCUT2D eigenvalue weighted by molar-refractivity contribution is 4.86. The van der Waals surface area contributed by atoms with E-state index in [0.717, 1.165) is 0 Å². The number of aliphatic hydroxyl groups is 3. The summed E-state index contributed by atoms with van der Waals surface area (Å²) >= 11 is 0. The van der Waals surface area contributed by atoms with Crippen molar-refractivity contribution in [1.82, 2.24) is 0 Å². The first-order valence-corrected chi connectivity index (χ1v) is 8.34. The molecule has 0 bridgehead atoms. The Labute approximate surface area is 144 Å². The first-order chi connectivity index (χ1) is 11.2. The molecular formula is C16H34NO7+. The largest absolute Gasteiger partial charge is 0.390 e. The summed E-state index contributed by atoms with van der Waals surface area (Å²) in [6.07, 6.45) is -3.71. The standard InChI is InChI=1S/C16H34NO7/c1-11-13(24-16(21-5)15(20)14(11)19)10-23-7-6-22-9-12(18)8-17(2,3)4/h11-16,18-20H,6-10H2,1-5H3/q+1/t11?,12?,13?,14-,15+,16+/m0/s1. The summed E-state index contributed by atoms with van der Waals surface area (Å²) in [5, 5.41) is 29.6. The molecule has 8 heteroatoms. The van der Waals surface area contributed by atoms with E-state index < -0.39 is 24.6 Å². The van der Waals surface area contributed by atoms with Crippen LogP contribution in [0.3, 0.4) is 0 Å². The van der Waals surface area contributed by atoms with Crippen LogP contribution >= 0.6 is 0 Å². The average molecular weight is 352 g/mol. The lowest BCUT2D eigenvalue weighted by Gasteiger charge is -2.40. The summed E-state index contributed by atoms with van der Waals surface area (Å²) < 4.78 is 22.2. The predicted octanol–water partition coefficient (Wildman–Crippen LogP) is -1.18. The monoisotopic (exact) mass is 352 g/mol. The zero-order chi connectivity index (χ0) is 18.3. The van der Waals surface area contributed by atoms with Crippen LogP contribution in [0.2, 0.25) is 0 Å². The SMILES string of the molecule is CO[C@@H]1OC(COCCOCC(O)C[N+](C)(C)C)C(C)[C@H](O)[C@H]1O. The van der Waals surface area contributed by atoms with Gasteiger partial charge in [0.2, 0.25) is 0 Å². The average Bonchev–Trinajstić information content (AvgIpc) is 2.48. The summed E-state index contributed by atoms with van der Waals surface area (Å²) in [4.78, 5) is 0. The Kier molecular flexibility index (Phi) is 9.03. The fourth-order valence-electron chi connectivity index (χ4n) is 2.68. The molecule has 24 heavy (non-hydrogen) atoms. The van der Waals surface area contributed by atoms with Crippen molar-refractivity contribution in [2.75, 3.05) is 61.2 Å². The second-order valence-electron chi connectivity index (χ2n) is 7.40. The third kappa shape index (κ3) is 7.28. The maximum atomic E-state index is 9.99. The van der Waals surface area contributed by atoms with E-state index in [-0.39, 0.29) is 25.2 Å². The molecule has 0 aromatic carbocycles. The van der Waals surface area contributed by atoms with Gasteiger partial charge in [0.1, 0.15) is 18.8 Å². The molecule has 1 aliphatic heterocycles. The van der Waals surface area contributed by atoms with Gasteiger partial charge in [-0.2, -0.15) is 0 Å². The Morgan fingerprint density at radius 3 is 2.29 bits per heavy atom. The van der Waals surface area contributed by atoms with Crippen molar-refractivity contribution in [2.24, 2.45) is 5.92 Å². The maximum Gasteiger partial charge on any atom is 0.186 e. The Hall–Kier alpha value is -0.320. The van der Waals surface area contributed by atoms with Gasteiger partial charge in [0.25, 0.3) is 0 Å². The second kappa shape index (κ2) is 9.98. The molecule has 1 saturated heterocycles. The number of hydrogen-bond acceptors (Lipinski definition) is 7. The van der Waals surface area contributed by atoms with Crippen molar-refractivity contribution >= 4 is 0 Å². The Balaban J connectivity index is 2.18. The molecule has 0 amide bonds. The lowest BCUT2D eigenvalue weighted by molar-refractivity contribution is -0.873. The van der Waals surface area contributed by atoms with Gasteiger partial charge in [0, 0.05) is 13.0 Å². The van der Waals surface area contributed by atoms with Crippen LogP contribution in [0.15, 0.2) is 0 Å². The highest BCUT2D eigenvalue weighted by Crippen LogP contribution is 2.26. The number of likely N-dealkylation sites (N-methyl/N-ethyl adjacent to an activating group) is 1. The van der Waals surface area contributed by atoms with E-state index >= 15 is 0 Å². The van der Waals surface area contributed by atoms with E-state index in [9.17, 15) is 15.3 Å². The van der Waals surface area contributed by atoms with E-state index in [1.807, 2.05) is 21.1 Å². The van der Waals surface area contributed by atoms with Crippen LogP contribution in [0, 0.1) is 5.92 Å². The zero-order valence-electron chi connectivity index (χ0n) is 15.4. The molecule has 1 fully saturated rings. The van der Waals surface area contributed by atoms with Gasteiger partial charge in [-0.25, -0.2) is 0 Å². The van der Waals surface area contributed by atoms with Gasteiger partial charge in [-0.3, -0.25) is 0 Å². The molecule has 8 nitrogen and oxygen atoms in total. The van der Waals surface area contributed by atoms with Crippen LogP contribution in [-0.2, 0) is 18.9 Å². The first kappa shape index (κ1) is 21.7. The van der Waals surface area contributed by atoms with E-state index in [2.05, 4.69) is 0 Å². The molecule has 0 aromatic heterocycles. The molecular weight excluding hydrogens is 318 g/mol. The summed E-state index contributed by atoms with van der Waals surface area (Å²) in [5.74, 6) is -0.265. The van der Waals surface area contributed by atoms with Crippen molar-refractivity contribution in [3.8, 4) is 0 Å². The van der Waals surface area contributed by atoms with Crippen molar-refractivity contribution in [3.05, 3.63) is 0 Å². The molecule has 0 aliphatic carbocycles. The van der Waals surface area contributed by atoms with Gasteiger partial charge in [0.05, 0.1) is 59.8 Å². The molecule has 0 spiro atoms. The van der Waals surface area contributed by atoms with Crippen molar-refractivity contribution in [2.45, 2.75) is 37.6 Å². The highest BCUT2D eigenvalue weighted by Gasteiger charge is 2.42. The topological polar surface area (TPSA) is 97.6 Å². The van der Waals surface area contributed by atoms with Crippen molar-refractivity contribution in [1.29, 1.82) is 0 Å². The summed E-state index contributed by atoms with van der Waals surface area (Å²) in [6.45, 7) is 3.69. The fourth-order valence-corrected chi connectivity index (χ4v) is 2.68. The quantitative estimate of drug-likeness (QED) is 0.336. The molecule has 0 aromatic rings. The van der Waals surface area contributed by atoms with Crippen LogP contribution in [-0.4, -0.2) is 112 Å². The van der Waals surface area contributed by atoms with E-state index in [1.54, 1.807) is 6.92 Å². The van der Waals surface area contributed by atoms with Gasteiger partial charge in [-0.05, 0) is 0 Å². The summed E-state index contributed by atoms with van der Waals surface area (Å²) in [5.41, 5.74) is 0. The molecule has 3 N–H and O–H groups in total. The van der Waals surface area contributed by atoms with Crippen molar-refractivity contribution in [3.63, 3.8) is 0 Å². The maximum absolute atomic E-state index is 9.99. The summed E-state index contributed by atoms with van der Waals surface area (Å²) in [7, 11) is 7.45. The normalized spacial score (nSPS) is 32.8. The second-order valence-corrected chi connectivity index (χ2v) is 7.40. The zero-order valence-corrected chi connectivity index (χ0v) is 15.4. The van der Waals surface area contributed by atoms with Crippen molar-refractivity contribution < 1.29 is 38.8 Å². The number of hydrogen-bond donors (Lipinski definition) is 3. The minimum Gasteiger partial charge on any atom is -0.390 e. The predicted molar refractivity (Wildman–Crippen MR) is 87.4 cm³/mol. The molecule has 3 unspecified atom stereocenters. The Bertz CT molecular complexity index is 348. The minimum absolute atomic E-state index is 0.265. The number of rotatable bonds is 10. The molecule has 144 valence electrons. The Morgan fingerprint density at radius 1 is 1.08 bits per heavy atom. The third-order valence-corrected chi connectivity index (χ3v) is 4.02. The summed E-state index contributed by atoms with van der Waals surface area (Å²) in [6, 6.07) is 0. The van der Waals surface area contributed by atoms with Crippen LogP contribution in [0.25, 0.3) is 0 Å². The molecule has 1 aliphatic rings. The fraction of sp³-hybridized carbons (Fsp3) is 1.00.